The van der Waals surface area contributed by atoms with E-state index >= 15 is 0 Å². The molecule has 0 saturated carbocycles. The quantitative estimate of drug-likeness (QED) is 0.169. The van der Waals surface area contributed by atoms with Gasteiger partial charge in [-0.1, -0.05) is 11.6 Å². The van der Waals surface area contributed by atoms with E-state index in [0.717, 1.165) is 61.6 Å². The Kier molecular flexibility index (Phi) is 7.71. The van der Waals surface area contributed by atoms with Crippen LogP contribution in [-0.4, -0.2) is 42.5 Å². The molecule has 34 heavy (non-hydrogen) atoms. The van der Waals surface area contributed by atoms with E-state index in [2.05, 4.69) is 10.6 Å². The van der Waals surface area contributed by atoms with Crippen LogP contribution in [-0.2, 0) is 21.1 Å². The van der Waals surface area contributed by atoms with Crippen LogP contribution in [0.3, 0.4) is 0 Å². The number of hydrogen-bond acceptors (Lipinski definition) is 7. The molecule has 0 spiro atoms. The molecule has 1 aliphatic carbocycles. The normalized spacial score (nSPS) is 13.9. The predicted octanol–water partition coefficient (Wildman–Crippen LogP) is 4.35. The minimum atomic E-state index is -3.86. The molecule has 0 N–H and O–H groups in total. The maximum Gasteiger partial charge on any atom is 0.338 e. The van der Waals surface area contributed by atoms with Crippen molar-refractivity contribution in [1.82, 2.24) is 4.57 Å². The van der Waals surface area contributed by atoms with E-state index in [-0.39, 0.29) is 11.3 Å². The molecule has 1 aliphatic rings. The molecule has 9 nitrogen and oxygen atoms in total. The fourth-order valence-corrected chi connectivity index (χ4v) is 5.04. The Hall–Kier alpha value is -3.27. The number of ketones is 1. The van der Waals surface area contributed by atoms with Crippen molar-refractivity contribution in [3.63, 3.8) is 0 Å². The second-order valence-corrected chi connectivity index (χ2v) is 10.5. The molecule has 0 saturated heterocycles. The fraction of sp³-hybridized carbons (Fsp3) is 0.417. The first kappa shape index (κ1) is 25.4. The number of allylic oxidation sites excluding steroid dienone is 2. The number of ether oxygens (including phenoxy) is 1. The molecule has 1 aromatic heterocycles. The monoisotopic (exact) mass is 488 g/mol. The standard InChI is InChI=1S/C24H28N2O7S/c1-16-13-20(17(2)25(16)12-11-18-7-5-4-6-8-18)22(27)15-33-24(28)19-9-10-23(34(3,31)32)21(14-19)26(29)30/h7,9-10,13-14H,4-6,8,11-12,15H2,1-3H3. The number of esters is 1. The number of nitro benzene ring substituents is 1. The van der Waals surface area contributed by atoms with Crippen LogP contribution in [0.4, 0.5) is 5.69 Å². The van der Waals surface area contributed by atoms with Gasteiger partial charge in [-0.3, -0.25) is 14.9 Å². The van der Waals surface area contributed by atoms with Gasteiger partial charge in [0.05, 0.1) is 10.5 Å². The lowest BCUT2D eigenvalue weighted by molar-refractivity contribution is -0.387. The maximum atomic E-state index is 12.7. The summed E-state index contributed by atoms with van der Waals surface area (Å²) < 4.78 is 30.6. The first-order valence-electron chi connectivity index (χ1n) is 11.0. The molecular weight excluding hydrogens is 460 g/mol. The van der Waals surface area contributed by atoms with Crippen molar-refractivity contribution in [3.8, 4) is 0 Å². The van der Waals surface area contributed by atoms with Gasteiger partial charge in [-0.2, -0.15) is 0 Å². The van der Waals surface area contributed by atoms with Crippen LogP contribution >= 0.6 is 0 Å². The van der Waals surface area contributed by atoms with Crippen LogP contribution in [0.5, 0.6) is 0 Å². The largest absolute Gasteiger partial charge is 0.454 e. The molecule has 0 unspecified atom stereocenters. The van der Waals surface area contributed by atoms with E-state index in [9.17, 15) is 28.1 Å². The maximum absolute atomic E-state index is 12.7. The second-order valence-electron chi connectivity index (χ2n) is 8.51. The zero-order valence-electron chi connectivity index (χ0n) is 19.5. The summed E-state index contributed by atoms with van der Waals surface area (Å²) in [6.07, 6.45) is 8.76. The number of carbonyl (C=O) groups excluding carboxylic acids is 2. The molecular formula is C24H28N2O7S. The number of aryl methyl sites for hydroxylation is 1. The van der Waals surface area contributed by atoms with Gasteiger partial charge in [0.2, 0.25) is 5.78 Å². The highest BCUT2D eigenvalue weighted by atomic mass is 32.2. The lowest BCUT2D eigenvalue weighted by Crippen LogP contribution is -2.15. The van der Waals surface area contributed by atoms with Crippen molar-refractivity contribution < 1.29 is 27.7 Å². The number of benzene rings is 1. The zero-order valence-corrected chi connectivity index (χ0v) is 20.3. The van der Waals surface area contributed by atoms with Gasteiger partial charge >= 0.3 is 5.97 Å². The summed E-state index contributed by atoms with van der Waals surface area (Å²) >= 11 is 0. The van der Waals surface area contributed by atoms with Gasteiger partial charge in [-0.15, -0.1) is 0 Å². The van der Waals surface area contributed by atoms with Crippen LogP contribution in [0.25, 0.3) is 0 Å². The van der Waals surface area contributed by atoms with Gasteiger partial charge in [0, 0.05) is 35.8 Å². The molecule has 2 aromatic rings. The Bertz CT molecular complexity index is 1270. The molecule has 0 atom stereocenters. The molecule has 0 bridgehead atoms. The van der Waals surface area contributed by atoms with Crippen molar-refractivity contribution in [1.29, 1.82) is 0 Å². The lowest BCUT2D eigenvalue weighted by Gasteiger charge is -2.15. The van der Waals surface area contributed by atoms with Gasteiger partial charge in [0.25, 0.3) is 5.69 Å². The highest BCUT2D eigenvalue weighted by molar-refractivity contribution is 7.90. The van der Waals surface area contributed by atoms with Gasteiger partial charge in [-0.05, 0) is 64.2 Å². The summed E-state index contributed by atoms with van der Waals surface area (Å²) in [5.74, 6) is -1.33. The Labute approximate surface area is 198 Å². The van der Waals surface area contributed by atoms with Gasteiger partial charge in [-0.25, -0.2) is 13.2 Å². The van der Waals surface area contributed by atoms with Gasteiger partial charge < -0.3 is 9.30 Å². The second kappa shape index (κ2) is 10.3. The van der Waals surface area contributed by atoms with E-state index in [1.54, 1.807) is 6.07 Å². The molecule has 0 radical (unpaired) electrons. The van der Waals surface area contributed by atoms with Crippen molar-refractivity contribution in [2.45, 2.75) is 57.4 Å². The molecule has 10 heteroatoms. The van der Waals surface area contributed by atoms with E-state index < -0.39 is 37.9 Å². The first-order valence-corrected chi connectivity index (χ1v) is 12.9. The summed E-state index contributed by atoms with van der Waals surface area (Å²) in [6.45, 7) is 4.01. The Balaban J connectivity index is 1.69. The SMILES string of the molecule is Cc1cc(C(=O)COC(=O)c2ccc(S(C)(=O)=O)c([N+](=O)[O-])c2)c(C)n1CCC1=CCCCC1. The molecule has 0 aliphatic heterocycles. The number of nitrogens with zero attached hydrogens (tertiary/aromatic N) is 2. The van der Waals surface area contributed by atoms with E-state index in [4.69, 9.17) is 4.74 Å². The minimum Gasteiger partial charge on any atom is -0.454 e. The first-order chi connectivity index (χ1) is 16.0. The Morgan fingerprint density at radius 3 is 2.53 bits per heavy atom. The molecule has 0 fully saturated rings. The van der Waals surface area contributed by atoms with Crippen molar-refractivity contribution in [3.05, 3.63) is 68.5 Å². The number of Topliss-reactive ketones (excluding diaryl/α,β-unsaturated/α-hetero) is 1. The number of sulfone groups is 1. The average Bonchev–Trinajstić information content (AvgIpc) is 3.08. The topological polar surface area (TPSA) is 126 Å². The summed E-state index contributed by atoms with van der Waals surface area (Å²) in [6, 6.07) is 4.73. The summed E-state index contributed by atoms with van der Waals surface area (Å²) in [5, 5.41) is 11.2. The third-order valence-electron chi connectivity index (χ3n) is 6.04. The van der Waals surface area contributed by atoms with Crippen LogP contribution < -0.4 is 0 Å². The molecule has 1 aromatic carbocycles. The molecule has 1 heterocycles. The third kappa shape index (κ3) is 5.80. The number of nitro groups is 1. The molecule has 0 amide bonds. The van der Waals surface area contributed by atoms with Crippen LogP contribution in [0.2, 0.25) is 0 Å². The zero-order chi connectivity index (χ0) is 25.0. The lowest BCUT2D eigenvalue weighted by atomic mass is 9.97. The summed E-state index contributed by atoms with van der Waals surface area (Å²) in [4.78, 5) is 35.0. The fourth-order valence-electron chi connectivity index (χ4n) is 4.21. The predicted molar refractivity (Wildman–Crippen MR) is 126 cm³/mol. The number of hydrogen-bond donors (Lipinski definition) is 0. The number of rotatable bonds is 9. The number of aromatic nitrogens is 1. The van der Waals surface area contributed by atoms with E-state index in [1.807, 2.05) is 13.8 Å². The smallest absolute Gasteiger partial charge is 0.338 e. The molecule has 3 rings (SSSR count). The average molecular weight is 489 g/mol. The third-order valence-corrected chi connectivity index (χ3v) is 7.18. The van der Waals surface area contributed by atoms with E-state index in [0.29, 0.717) is 5.56 Å². The van der Waals surface area contributed by atoms with Crippen LogP contribution in [0.15, 0.2) is 40.8 Å². The number of carbonyl (C=O) groups is 2. The highest BCUT2D eigenvalue weighted by Crippen LogP contribution is 2.26. The van der Waals surface area contributed by atoms with Gasteiger partial charge in [0.1, 0.15) is 4.90 Å². The van der Waals surface area contributed by atoms with E-state index in [1.165, 1.54) is 18.4 Å². The Morgan fingerprint density at radius 2 is 1.91 bits per heavy atom. The van der Waals surface area contributed by atoms with Crippen molar-refractivity contribution in [2.75, 3.05) is 12.9 Å². The van der Waals surface area contributed by atoms with Crippen LogP contribution in [0.1, 0.15) is 64.2 Å². The van der Waals surface area contributed by atoms with Gasteiger partial charge in [0.15, 0.2) is 16.4 Å². The van der Waals surface area contributed by atoms with Crippen LogP contribution in [0, 0.1) is 24.0 Å². The molecule has 182 valence electrons. The summed E-state index contributed by atoms with van der Waals surface area (Å²) in [5.41, 5.74) is 2.70. The van der Waals surface area contributed by atoms with Crippen molar-refractivity contribution >= 4 is 27.3 Å². The van der Waals surface area contributed by atoms with Crippen molar-refractivity contribution in [2.24, 2.45) is 0 Å². The summed E-state index contributed by atoms with van der Waals surface area (Å²) in [7, 11) is -3.86. The minimum absolute atomic E-state index is 0.210. The highest BCUT2D eigenvalue weighted by Gasteiger charge is 2.25. The Morgan fingerprint density at radius 1 is 1.18 bits per heavy atom.